The molecular weight excluding hydrogens is 184 g/mol. The summed E-state index contributed by atoms with van der Waals surface area (Å²) >= 11 is 0. The van der Waals surface area contributed by atoms with E-state index in [4.69, 9.17) is 0 Å². The average Bonchev–Trinajstić information content (AvgIpc) is 2.63. The largest absolute Gasteiger partial charge is 0.313 e. The zero-order valence-electron chi connectivity index (χ0n) is 10.9. The van der Waals surface area contributed by atoms with Gasteiger partial charge in [-0.2, -0.15) is 0 Å². The first kappa shape index (κ1) is 13.0. The van der Waals surface area contributed by atoms with Gasteiger partial charge in [-0.05, 0) is 38.8 Å². The summed E-state index contributed by atoms with van der Waals surface area (Å²) in [4.78, 5) is 2.65. The molecule has 0 bridgehead atoms. The molecule has 3 unspecified atom stereocenters. The zero-order valence-corrected chi connectivity index (χ0v) is 10.9. The number of nitrogens with one attached hydrogen (secondary N) is 1. The smallest absolute Gasteiger partial charge is 0.0220 e. The van der Waals surface area contributed by atoms with Gasteiger partial charge in [0.05, 0.1) is 0 Å². The summed E-state index contributed by atoms with van der Waals surface area (Å²) in [7, 11) is 0. The van der Waals surface area contributed by atoms with E-state index in [0.29, 0.717) is 6.04 Å². The Bertz CT molecular complexity index is 170. The molecule has 0 aromatic heterocycles. The normalized spacial score (nSPS) is 26.8. The molecule has 1 fully saturated rings. The van der Waals surface area contributed by atoms with E-state index in [0.717, 1.165) is 18.5 Å². The molecule has 1 N–H and O–H groups in total. The Morgan fingerprint density at radius 1 is 1.40 bits per heavy atom. The number of hydrogen-bond acceptors (Lipinski definition) is 2. The molecule has 3 atom stereocenters. The van der Waals surface area contributed by atoms with E-state index in [1.165, 1.54) is 32.4 Å². The van der Waals surface area contributed by atoms with Gasteiger partial charge in [0.2, 0.25) is 0 Å². The minimum atomic E-state index is 0.681. The van der Waals surface area contributed by atoms with Gasteiger partial charge < -0.3 is 5.32 Å². The Kier molecular flexibility index (Phi) is 5.62. The van der Waals surface area contributed by atoms with Crippen LogP contribution in [0.4, 0.5) is 0 Å². The van der Waals surface area contributed by atoms with Crippen LogP contribution in [-0.4, -0.2) is 36.6 Å². The van der Waals surface area contributed by atoms with Crippen LogP contribution < -0.4 is 5.32 Å². The zero-order chi connectivity index (χ0) is 11.3. The van der Waals surface area contributed by atoms with Crippen molar-refractivity contribution in [1.82, 2.24) is 10.2 Å². The summed E-state index contributed by atoms with van der Waals surface area (Å²) in [6, 6.07) is 1.48. The van der Waals surface area contributed by atoms with E-state index in [2.05, 4.69) is 37.9 Å². The molecule has 90 valence electrons. The highest BCUT2D eigenvalue weighted by molar-refractivity contribution is 4.82. The van der Waals surface area contributed by atoms with Crippen molar-refractivity contribution in [2.75, 3.05) is 19.6 Å². The second-order valence-electron chi connectivity index (χ2n) is 5.04. The molecule has 1 saturated heterocycles. The predicted molar refractivity (Wildman–Crippen MR) is 67.2 cm³/mol. The van der Waals surface area contributed by atoms with Gasteiger partial charge in [0.15, 0.2) is 0 Å². The highest BCUT2D eigenvalue weighted by Crippen LogP contribution is 2.19. The molecule has 2 heteroatoms. The molecule has 1 rings (SSSR count). The Morgan fingerprint density at radius 3 is 2.60 bits per heavy atom. The van der Waals surface area contributed by atoms with Crippen molar-refractivity contribution >= 4 is 0 Å². The topological polar surface area (TPSA) is 15.3 Å². The Balaban J connectivity index is 2.42. The fraction of sp³-hybridized carbons (Fsp3) is 1.00. The SMILES string of the molecule is CCNC(CN1CCCC1C)C(C)CC. The first-order valence-electron chi connectivity index (χ1n) is 6.66. The Morgan fingerprint density at radius 2 is 2.13 bits per heavy atom. The van der Waals surface area contributed by atoms with Crippen LogP contribution >= 0.6 is 0 Å². The van der Waals surface area contributed by atoms with Gasteiger partial charge in [-0.15, -0.1) is 0 Å². The molecule has 1 heterocycles. The lowest BCUT2D eigenvalue weighted by atomic mass is 9.98. The maximum absolute atomic E-state index is 3.64. The van der Waals surface area contributed by atoms with Gasteiger partial charge in [0.25, 0.3) is 0 Å². The predicted octanol–water partition coefficient (Wildman–Crippen LogP) is 2.49. The second-order valence-corrected chi connectivity index (χ2v) is 5.04. The standard InChI is InChI=1S/C13H28N2/c1-5-11(3)13(14-6-2)10-15-9-7-8-12(15)4/h11-14H,5-10H2,1-4H3. The molecule has 0 saturated carbocycles. The summed E-state index contributed by atoms with van der Waals surface area (Å²) in [5, 5.41) is 3.64. The number of likely N-dealkylation sites (tertiary alicyclic amines) is 1. The lowest BCUT2D eigenvalue weighted by molar-refractivity contribution is 0.207. The number of hydrogen-bond donors (Lipinski definition) is 1. The third kappa shape index (κ3) is 3.76. The number of likely N-dealkylation sites (N-methyl/N-ethyl adjacent to an activating group) is 1. The quantitative estimate of drug-likeness (QED) is 0.728. The molecule has 0 spiro atoms. The molecule has 0 aromatic rings. The van der Waals surface area contributed by atoms with Crippen LogP contribution in [0.25, 0.3) is 0 Å². The van der Waals surface area contributed by atoms with E-state index in [1.54, 1.807) is 0 Å². The highest BCUT2D eigenvalue weighted by Gasteiger charge is 2.24. The fourth-order valence-electron chi connectivity index (χ4n) is 2.51. The molecule has 0 aliphatic carbocycles. The van der Waals surface area contributed by atoms with Crippen LogP contribution in [0.3, 0.4) is 0 Å². The maximum atomic E-state index is 3.64. The van der Waals surface area contributed by atoms with Crippen molar-refractivity contribution in [1.29, 1.82) is 0 Å². The molecule has 0 radical (unpaired) electrons. The maximum Gasteiger partial charge on any atom is 0.0220 e. The lowest BCUT2D eigenvalue weighted by Crippen LogP contribution is -2.45. The van der Waals surface area contributed by atoms with E-state index in [9.17, 15) is 0 Å². The summed E-state index contributed by atoms with van der Waals surface area (Å²) < 4.78 is 0. The van der Waals surface area contributed by atoms with Crippen molar-refractivity contribution in [2.45, 2.75) is 59.0 Å². The second kappa shape index (κ2) is 6.49. The lowest BCUT2D eigenvalue weighted by Gasteiger charge is -2.31. The first-order chi connectivity index (χ1) is 7.19. The van der Waals surface area contributed by atoms with E-state index in [-0.39, 0.29) is 0 Å². The minimum Gasteiger partial charge on any atom is -0.313 e. The summed E-state index contributed by atoms with van der Waals surface area (Å²) in [5.74, 6) is 0.790. The summed E-state index contributed by atoms with van der Waals surface area (Å²) in [5.41, 5.74) is 0. The van der Waals surface area contributed by atoms with Crippen LogP contribution in [0.15, 0.2) is 0 Å². The van der Waals surface area contributed by atoms with Crippen molar-refractivity contribution in [3.05, 3.63) is 0 Å². The van der Waals surface area contributed by atoms with E-state index < -0.39 is 0 Å². The molecule has 1 aliphatic heterocycles. The van der Waals surface area contributed by atoms with Gasteiger partial charge in [-0.3, -0.25) is 4.90 Å². The molecule has 0 amide bonds. The Labute approximate surface area is 95.4 Å². The van der Waals surface area contributed by atoms with Gasteiger partial charge >= 0.3 is 0 Å². The first-order valence-corrected chi connectivity index (χ1v) is 6.66. The van der Waals surface area contributed by atoms with Gasteiger partial charge in [-0.25, -0.2) is 0 Å². The van der Waals surface area contributed by atoms with E-state index >= 15 is 0 Å². The third-order valence-corrected chi connectivity index (χ3v) is 3.92. The Hall–Kier alpha value is -0.0800. The molecular formula is C13H28N2. The molecule has 15 heavy (non-hydrogen) atoms. The average molecular weight is 212 g/mol. The van der Waals surface area contributed by atoms with Gasteiger partial charge in [0, 0.05) is 18.6 Å². The van der Waals surface area contributed by atoms with Crippen LogP contribution in [0.1, 0.15) is 47.0 Å². The number of nitrogens with zero attached hydrogens (tertiary/aromatic N) is 1. The van der Waals surface area contributed by atoms with E-state index in [1.807, 2.05) is 0 Å². The van der Waals surface area contributed by atoms with Gasteiger partial charge in [-0.1, -0.05) is 27.2 Å². The van der Waals surface area contributed by atoms with Crippen LogP contribution in [0.2, 0.25) is 0 Å². The van der Waals surface area contributed by atoms with Crippen LogP contribution in [0.5, 0.6) is 0 Å². The summed E-state index contributed by atoms with van der Waals surface area (Å²) in [6.07, 6.45) is 4.06. The fourth-order valence-corrected chi connectivity index (χ4v) is 2.51. The summed E-state index contributed by atoms with van der Waals surface area (Å²) in [6.45, 7) is 12.9. The van der Waals surface area contributed by atoms with Crippen LogP contribution in [-0.2, 0) is 0 Å². The van der Waals surface area contributed by atoms with Crippen LogP contribution in [0, 0.1) is 5.92 Å². The van der Waals surface area contributed by atoms with Crippen molar-refractivity contribution in [2.24, 2.45) is 5.92 Å². The van der Waals surface area contributed by atoms with Crippen molar-refractivity contribution < 1.29 is 0 Å². The molecule has 0 aromatic carbocycles. The monoisotopic (exact) mass is 212 g/mol. The number of rotatable bonds is 6. The molecule has 1 aliphatic rings. The minimum absolute atomic E-state index is 0.681. The van der Waals surface area contributed by atoms with Crippen molar-refractivity contribution in [3.8, 4) is 0 Å². The van der Waals surface area contributed by atoms with Gasteiger partial charge in [0.1, 0.15) is 0 Å². The third-order valence-electron chi connectivity index (χ3n) is 3.92. The molecule has 2 nitrogen and oxygen atoms in total. The van der Waals surface area contributed by atoms with Crippen molar-refractivity contribution in [3.63, 3.8) is 0 Å². The highest BCUT2D eigenvalue weighted by atomic mass is 15.2.